The van der Waals surface area contributed by atoms with Gasteiger partial charge in [-0.05, 0) is 52.3 Å². The van der Waals surface area contributed by atoms with Crippen molar-refractivity contribution in [2.45, 2.75) is 0 Å². The number of halogens is 2. The first-order valence-electron chi connectivity index (χ1n) is 5.39. The highest BCUT2D eigenvalue weighted by molar-refractivity contribution is 9.10. The molecule has 98 valence electrons. The molecule has 0 atom stereocenters. The van der Waals surface area contributed by atoms with Gasteiger partial charge in [0.05, 0.1) is 16.9 Å². The van der Waals surface area contributed by atoms with E-state index < -0.39 is 5.91 Å². The average Bonchev–Trinajstić information content (AvgIpc) is 2.33. The molecule has 0 spiro atoms. The maximum absolute atomic E-state index is 11.4. The molecular weight excluding hydrogens is 330 g/mol. The summed E-state index contributed by atoms with van der Waals surface area (Å²) in [6.07, 6.45) is 0. The van der Waals surface area contributed by atoms with E-state index in [0.29, 0.717) is 22.0 Å². The number of amides is 1. The molecule has 0 aliphatic carbocycles. The summed E-state index contributed by atoms with van der Waals surface area (Å²) in [4.78, 5) is 11.4. The van der Waals surface area contributed by atoms with Crippen LogP contribution in [0, 0.1) is 0 Å². The molecule has 0 fully saturated rings. The smallest absolute Gasteiger partial charge is 0.250 e. The van der Waals surface area contributed by atoms with E-state index in [0.717, 1.165) is 10.2 Å². The lowest BCUT2D eigenvalue weighted by Gasteiger charge is -2.12. The van der Waals surface area contributed by atoms with Gasteiger partial charge in [-0.15, -0.1) is 0 Å². The van der Waals surface area contributed by atoms with Crippen LogP contribution >= 0.6 is 27.5 Å². The van der Waals surface area contributed by atoms with Crippen molar-refractivity contribution in [1.29, 1.82) is 0 Å². The second-order valence-corrected chi connectivity index (χ2v) is 5.21. The van der Waals surface area contributed by atoms with Crippen molar-refractivity contribution >= 4 is 50.5 Å². The van der Waals surface area contributed by atoms with Crippen LogP contribution in [0.2, 0.25) is 5.02 Å². The molecule has 0 saturated carbocycles. The molecule has 4 nitrogen and oxygen atoms in total. The fourth-order valence-corrected chi connectivity index (χ4v) is 2.14. The highest BCUT2D eigenvalue weighted by atomic mass is 79.9. The van der Waals surface area contributed by atoms with E-state index in [9.17, 15) is 4.79 Å². The van der Waals surface area contributed by atoms with Gasteiger partial charge in [-0.2, -0.15) is 0 Å². The average molecular weight is 341 g/mol. The zero-order valence-corrected chi connectivity index (χ0v) is 12.1. The van der Waals surface area contributed by atoms with Gasteiger partial charge < -0.3 is 16.8 Å². The van der Waals surface area contributed by atoms with E-state index >= 15 is 0 Å². The van der Waals surface area contributed by atoms with Crippen LogP contribution in [0.1, 0.15) is 10.4 Å². The summed E-state index contributed by atoms with van der Waals surface area (Å²) >= 11 is 9.34. The van der Waals surface area contributed by atoms with E-state index in [4.69, 9.17) is 23.1 Å². The second kappa shape index (κ2) is 5.50. The van der Waals surface area contributed by atoms with Gasteiger partial charge >= 0.3 is 0 Å². The van der Waals surface area contributed by atoms with E-state index in [2.05, 4.69) is 21.2 Å². The van der Waals surface area contributed by atoms with Crippen LogP contribution in [-0.4, -0.2) is 5.91 Å². The summed E-state index contributed by atoms with van der Waals surface area (Å²) in [6, 6.07) is 10.1. The Morgan fingerprint density at radius 2 is 1.89 bits per heavy atom. The fraction of sp³-hybridized carbons (Fsp3) is 0. The maximum Gasteiger partial charge on any atom is 0.250 e. The molecule has 0 aliphatic rings. The van der Waals surface area contributed by atoms with E-state index in [1.807, 2.05) is 0 Å². The number of anilines is 3. The number of nitrogens with one attached hydrogen (secondary N) is 1. The van der Waals surface area contributed by atoms with Crippen LogP contribution in [0.5, 0.6) is 0 Å². The maximum atomic E-state index is 11.4. The topological polar surface area (TPSA) is 81.1 Å². The molecule has 0 aliphatic heterocycles. The third-order valence-corrected chi connectivity index (χ3v) is 3.43. The van der Waals surface area contributed by atoms with Gasteiger partial charge in [0.25, 0.3) is 5.91 Å². The summed E-state index contributed by atoms with van der Waals surface area (Å²) in [5.74, 6) is -0.527. The summed E-state index contributed by atoms with van der Waals surface area (Å²) in [6.45, 7) is 0. The van der Waals surface area contributed by atoms with Crippen LogP contribution in [0.15, 0.2) is 40.9 Å². The minimum absolute atomic E-state index is 0.362. The number of nitrogen functional groups attached to an aromatic ring is 1. The Morgan fingerprint density at radius 1 is 1.16 bits per heavy atom. The summed E-state index contributed by atoms with van der Waals surface area (Å²) in [7, 11) is 0. The molecule has 5 N–H and O–H groups in total. The van der Waals surface area contributed by atoms with Crippen LogP contribution < -0.4 is 16.8 Å². The molecule has 0 bridgehead atoms. The van der Waals surface area contributed by atoms with Crippen LogP contribution in [0.3, 0.4) is 0 Å². The molecule has 0 saturated heterocycles. The summed E-state index contributed by atoms with van der Waals surface area (Å²) in [5.41, 5.74) is 13.2. The van der Waals surface area contributed by atoms with Crippen LogP contribution in [-0.2, 0) is 0 Å². The van der Waals surface area contributed by atoms with Crippen molar-refractivity contribution in [2.24, 2.45) is 5.73 Å². The highest BCUT2D eigenvalue weighted by Crippen LogP contribution is 2.30. The number of carbonyl (C=O) groups excluding carboxylic acids is 1. The standard InChI is InChI=1S/C13H11BrClN3O/c14-10-4-1-7(15)5-12(10)18-11-6-8(16)2-3-9(11)13(17)19/h1-6,18H,16H2,(H2,17,19). The van der Waals surface area contributed by atoms with Crippen LogP contribution in [0.25, 0.3) is 0 Å². The first-order chi connectivity index (χ1) is 8.97. The third kappa shape index (κ3) is 3.19. The lowest BCUT2D eigenvalue weighted by molar-refractivity contribution is 0.100. The third-order valence-electron chi connectivity index (χ3n) is 2.51. The van der Waals surface area contributed by atoms with Crippen LogP contribution in [0.4, 0.5) is 17.1 Å². The summed E-state index contributed by atoms with van der Waals surface area (Å²) in [5, 5.41) is 3.67. The number of hydrogen-bond acceptors (Lipinski definition) is 3. The fourth-order valence-electron chi connectivity index (χ4n) is 1.62. The minimum Gasteiger partial charge on any atom is -0.399 e. The molecule has 0 radical (unpaired) electrons. The first-order valence-corrected chi connectivity index (χ1v) is 6.56. The Labute approximate surface area is 123 Å². The normalized spacial score (nSPS) is 10.2. The molecule has 19 heavy (non-hydrogen) atoms. The zero-order chi connectivity index (χ0) is 14.0. The van der Waals surface area contributed by atoms with E-state index in [1.165, 1.54) is 0 Å². The number of benzene rings is 2. The number of primary amides is 1. The Morgan fingerprint density at radius 3 is 2.58 bits per heavy atom. The molecule has 2 aromatic rings. The minimum atomic E-state index is -0.527. The Kier molecular flexibility index (Phi) is 3.97. The Hall–Kier alpha value is -1.72. The number of rotatable bonds is 3. The number of hydrogen-bond donors (Lipinski definition) is 3. The Bertz CT molecular complexity index is 646. The van der Waals surface area contributed by atoms with Gasteiger partial charge in [0.15, 0.2) is 0 Å². The molecular formula is C13H11BrClN3O. The van der Waals surface area contributed by atoms with Gasteiger partial charge in [-0.3, -0.25) is 4.79 Å². The molecule has 0 aromatic heterocycles. The van der Waals surface area contributed by atoms with E-state index in [1.54, 1.807) is 36.4 Å². The number of nitrogens with two attached hydrogens (primary N) is 2. The molecule has 2 aromatic carbocycles. The van der Waals surface area contributed by atoms with Crippen molar-refractivity contribution in [3.8, 4) is 0 Å². The summed E-state index contributed by atoms with van der Waals surface area (Å²) < 4.78 is 0.815. The highest BCUT2D eigenvalue weighted by Gasteiger charge is 2.10. The lowest BCUT2D eigenvalue weighted by Crippen LogP contribution is -2.13. The zero-order valence-electron chi connectivity index (χ0n) is 9.78. The van der Waals surface area contributed by atoms with Gasteiger partial charge in [0.1, 0.15) is 0 Å². The van der Waals surface area contributed by atoms with Gasteiger partial charge in [-0.1, -0.05) is 11.6 Å². The first kappa shape index (κ1) is 13.7. The lowest BCUT2D eigenvalue weighted by atomic mass is 10.1. The SMILES string of the molecule is NC(=O)c1ccc(N)cc1Nc1cc(Cl)ccc1Br. The van der Waals surface area contributed by atoms with Gasteiger partial charge in [0.2, 0.25) is 0 Å². The molecule has 1 amide bonds. The molecule has 0 heterocycles. The largest absolute Gasteiger partial charge is 0.399 e. The quantitative estimate of drug-likeness (QED) is 0.748. The molecule has 2 rings (SSSR count). The second-order valence-electron chi connectivity index (χ2n) is 3.92. The van der Waals surface area contributed by atoms with Crippen molar-refractivity contribution in [1.82, 2.24) is 0 Å². The van der Waals surface area contributed by atoms with Crippen molar-refractivity contribution in [3.63, 3.8) is 0 Å². The molecule has 0 unspecified atom stereocenters. The van der Waals surface area contributed by atoms with Crippen molar-refractivity contribution in [3.05, 3.63) is 51.5 Å². The van der Waals surface area contributed by atoms with Crippen molar-refractivity contribution < 1.29 is 4.79 Å². The monoisotopic (exact) mass is 339 g/mol. The Balaban J connectivity index is 2.45. The number of carbonyl (C=O) groups is 1. The predicted molar refractivity (Wildman–Crippen MR) is 81.8 cm³/mol. The predicted octanol–water partition coefficient (Wildman–Crippen LogP) is 3.53. The van der Waals surface area contributed by atoms with E-state index in [-0.39, 0.29) is 0 Å². The van der Waals surface area contributed by atoms with Crippen molar-refractivity contribution in [2.75, 3.05) is 11.1 Å². The molecule has 6 heteroatoms. The van der Waals surface area contributed by atoms with Gasteiger partial charge in [0, 0.05) is 15.2 Å². The van der Waals surface area contributed by atoms with Gasteiger partial charge in [-0.25, -0.2) is 0 Å².